The lowest BCUT2D eigenvalue weighted by Crippen LogP contribution is -2.31. The fraction of sp³-hybridized carbons (Fsp3) is 0.600. The Morgan fingerprint density at radius 3 is 2.60 bits per heavy atom. The van der Waals surface area contributed by atoms with Crippen LogP contribution in [0.3, 0.4) is 0 Å². The molecule has 1 aromatic carbocycles. The number of benzene rings is 1. The first-order valence-electron chi connectivity index (χ1n) is 6.99. The summed E-state index contributed by atoms with van der Waals surface area (Å²) in [5, 5.41) is 0. The summed E-state index contributed by atoms with van der Waals surface area (Å²) < 4.78 is 22.4. The van der Waals surface area contributed by atoms with Gasteiger partial charge in [-0.15, -0.1) is 0 Å². The van der Waals surface area contributed by atoms with Crippen LogP contribution in [0, 0.1) is 0 Å². The van der Waals surface area contributed by atoms with E-state index in [9.17, 15) is 0 Å². The Morgan fingerprint density at radius 1 is 1.20 bits per heavy atom. The summed E-state index contributed by atoms with van der Waals surface area (Å²) in [7, 11) is 0. The largest absolute Gasteiger partial charge is 0.490 e. The molecule has 1 aromatic rings. The van der Waals surface area contributed by atoms with Gasteiger partial charge >= 0.3 is 0 Å². The number of ether oxygens (including phenoxy) is 4. The summed E-state index contributed by atoms with van der Waals surface area (Å²) in [6.45, 7) is 7.07. The maximum atomic E-state index is 5.73. The zero-order valence-corrected chi connectivity index (χ0v) is 13.5. The van der Waals surface area contributed by atoms with Gasteiger partial charge in [-0.25, -0.2) is 0 Å². The number of hydrogen-bond acceptors (Lipinski definition) is 4. The third kappa shape index (κ3) is 3.87. The minimum Gasteiger partial charge on any atom is -0.490 e. The third-order valence-electron chi connectivity index (χ3n) is 3.05. The monoisotopic (exact) mass is 344 g/mol. The van der Waals surface area contributed by atoms with Crippen molar-refractivity contribution in [1.29, 1.82) is 0 Å². The van der Waals surface area contributed by atoms with Gasteiger partial charge in [0.05, 0.1) is 44.0 Å². The van der Waals surface area contributed by atoms with E-state index in [1.807, 2.05) is 32.0 Å². The smallest absolute Gasteiger partial charge is 0.161 e. The van der Waals surface area contributed by atoms with Crippen LogP contribution in [0.15, 0.2) is 18.2 Å². The van der Waals surface area contributed by atoms with E-state index in [0.29, 0.717) is 33.0 Å². The van der Waals surface area contributed by atoms with Gasteiger partial charge in [0, 0.05) is 0 Å². The molecule has 2 atom stereocenters. The first-order valence-corrected chi connectivity index (χ1v) is 7.90. The van der Waals surface area contributed by atoms with Crippen molar-refractivity contribution >= 4 is 15.9 Å². The van der Waals surface area contributed by atoms with Crippen molar-refractivity contribution < 1.29 is 18.9 Å². The molecule has 1 fully saturated rings. The van der Waals surface area contributed by atoms with Crippen molar-refractivity contribution in [3.63, 3.8) is 0 Å². The molecule has 112 valence electrons. The van der Waals surface area contributed by atoms with E-state index in [2.05, 4.69) is 15.9 Å². The van der Waals surface area contributed by atoms with E-state index in [4.69, 9.17) is 18.9 Å². The van der Waals surface area contributed by atoms with Crippen LogP contribution in [0.5, 0.6) is 11.5 Å². The van der Waals surface area contributed by atoms with Gasteiger partial charge < -0.3 is 18.9 Å². The summed E-state index contributed by atoms with van der Waals surface area (Å²) in [4.78, 5) is 0.0812. The highest BCUT2D eigenvalue weighted by molar-refractivity contribution is 9.09. The van der Waals surface area contributed by atoms with E-state index < -0.39 is 0 Å². The predicted octanol–water partition coefficient (Wildman–Crippen LogP) is 3.34. The Balaban J connectivity index is 2.16. The van der Waals surface area contributed by atoms with E-state index >= 15 is 0 Å². The fourth-order valence-electron chi connectivity index (χ4n) is 2.13. The van der Waals surface area contributed by atoms with Gasteiger partial charge in [-0.1, -0.05) is 22.0 Å². The summed E-state index contributed by atoms with van der Waals surface area (Å²) >= 11 is 3.69. The first-order chi connectivity index (χ1) is 9.76. The summed E-state index contributed by atoms with van der Waals surface area (Å²) in [6, 6.07) is 5.98. The normalized spacial score (nSPS) is 20.4. The molecule has 0 aliphatic carbocycles. The van der Waals surface area contributed by atoms with Gasteiger partial charge in [-0.2, -0.15) is 0 Å². The van der Waals surface area contributed by atoms with Gasteiger partial charge in [-0.05, 0) is 31.5 Å². The van der Waals surface area contributed by atoms with Crippen LogP contribution in [-0.4, -0.2) is 39.1 Å². The SMILES string of the molecule is CCOc1ccc(C(Br)C2COCCO2)cc1OCC. The van der Waals surface area contributed by atoms with Gasteiger partial charge in [0.25, 0.3) is 0 Å². The van der Waals surface area contributed by atoms with Crippen molar-refractivity contribution in [2.75, 3.05) is 33.0 Å². The van der Waals surface area contributed by atoms with Crippen LogP contribution >= 0.6 is 15.9 Å². The predicted molar refractivity (Wildman–Crippen MR) is 81.0 cm³/mol. The quantitative estimate of drug-likeness (QED) is 0.741. The lowest BCUT2D eigenvalue weighted by atomic mass is 10.1. The van der Waals surface area contributed by atoms with Crippen molar-refractivity contribution in [3.05, 3.63) is 23.8 Å². The Labute approximate surface area is 128 Å². The Bertz CT molecular complexity index is 418. The van der Waals surface area contributed by atoms with Crippen molar-refractivity contribution in [1.82, 2.24) is 0 Å². The first kappa shape index (κ1) is 15.6. The molecule has 1 aliphatic rings. The van der Waals surface area contributed by atoms with Crippen LogP contribution in [0.4, 0.5) is 0 Å². The number of rotatable bonds is 6. The van der Waals surface area contributed by atoms with Gasteiger partial charge in [0.2, 0.25) is 0 Å². The zero-order chi connectivity index (χ0) is 14.4. The molecule has 0 aromatic heterocycles. The van der Waals surface area contributed by atoms with E-state index in [0.717, 1.165) is 17.1 Å². The van der Waals surface area contributed by atoms with Crippen LogP contribution in [0.2, 0.25) is 0 Å². The van der Waals surface area contributed by atoms with Crippen molar-refractivity contribution in [3.8, 4) is 11.5 Å². The molecule has 4 nitrogen and oxygen atoms in total. The fourth-order valence-corrected chi connectivity index (χ4v) is 2.72. The third-order valence-corrected chi connectivity index (χ3v) is 4.17. The Kier molecular flexibility index (Phi) is 6.13. The van der Waals surface area contributed by atoms with Crippen molar-refractivity contribution in [2.45, 2.75) is 24.8 Å². The van der Waals surface area contributed by atoms with Gasteiger partial charge in [-0.3, -0.25) is 0 Å². The second kappa shape index (κ2) is 7.86. The average Bonchev–Trinajstić information content (AvgIpc) is 2.50. The van der Waals surface area contributed by atoms with Gasteiger partial charge in [0.15, 0.2) is 11.5 Å². The molecule has 0 spiro atoms. The minimum absolute atomic E-state index is 0.0242. The molecule has 0 radical (unpaired) electrons. The van der Waals surface area contributed by atoms with Crippen LogP contribution in [0.25, 0.3) is 0 Å². The van der Waals surface area contributed by atoms with Gasteiger partial charge in [0.1, 0.15) is 0 Å². The molecular formula is C15H21BrO4. The molecule has 20 heavy (non-hydrogen) atoms. The maximum absolute atomic E-state index is 5.73. The standard InChI is InChI=1S/C15H21BrO4/c1-3-18-12-6-5-11(9-13(12)19-4-2)15(16)14-10-17-7-8-20-14/h5-6,9,14-15H,3-4,7-8,10H2,1-2H3. The highest BCUT2D eigenvalue weighted by atomic mass is 79.9. The molecule has 1 heterocycles. The Morgan fingerprint density at radius 2 is 1.95 bits per heavy atom. The number of halogens is 1. The van der Waals surface area contributed by atoms with Crippen LogP contribution in [0.1, 0.15) is 24.2 Å². The topological polar surface area (TPSA) is 36.9 Å². The molecule has 2 unspecified atom stereocenters. The molecule has 0 bridgehead atoms. The van der Waals surface area contributed by atoms with Crippen LogP contribution in [-0.2, 0) is 9.47 Å². The van der Waals surface area contributed by atoms with Crippen molar-refractivity contribution in [2.24, 2.45) is 0 Å². The van der Waals surface area contributed by atoms with Crippen LogP contribution < -0.4 is 9.47 Å². The highest BCUT2D eigenvalue weighted by Gasteiger charge is 2.25. The molecular weight excluding hydrogens is 324 g/mol. The minimum atomic E-state index is 0.0242. The highest BCUT2D eigenvalue weighted by Crippen LogP contribution is 2.36. The second-order valence-corrected chi connectivity index (χ2v) is 5.44. The maximum Gasteiger partial charge on any atom is 0.161 e. The number of hydrogen-bond donors (Lipinski definition) is 0. The molecule has 2 rings (SSSR count). The van der Waals surface area contributed by atoms with E-state index in [1.165, 1.54) is 0 Å². The molecule has 0 N–H and O–H groups in total. The number of alkyl halides is 1. The zero-order valence-electron chi connectivity index (χ0n) is 11.9. The molecule has 0 amide bonds. The average molecular weight is 345 g/mol. The molecule has 5 heteroatoms. The summed E-state index contributed by atoms with van der Waals surface area (Å²) in [5.74, 6) is 1.55. The molecule has 1 aliphatic heterocycles. The molecule has 0 saturated carbocycles. The van der Waals surface area contributed by atoms with E-state index in [-0.39, 0.29) is 10.9 Å². The Hall–Kier alpha value is -0.780. The summed E-state index contributed by atoms with van der Waals surface area (Å²) in [5.41, 5.74) is 1.10. The molecule has 1 saturated heterocycles. The van der Waals surface area contributed by atoms with E-state index in [1.54, 1.807) is 0 Å². The second-order valence-electron chi connectivity index (χ2n) is 4.46. The summed E-state index contributed by atoms with van der Waals surface area (Å²) in [6.07, 6.45) is 0.0242. The lowest BCUT2D eigenvalue weighted by Gasteiger charge is -2.27. The lowest BCUT2D eigenvalue weighted by molar-refractivity contribution is -0.0876.